The molecule has 0 saturated heterocycles. The molecular weight excluding hydrogens is 214 g/mol. The zero-order valence-corrected chi connectivity index (χ0v) is 9.76. The van der Waals surface area contributed by atoms with Gasteiger partial charge in [-0.3, -0.25) is 0 Å². The highest BCUT2D eigenvalue weighted by Crippen LogP contribution is 2.45. The molecule has 4 heteroatoms. The number of benzene rings is 1. The van der Waals surface area contributed by atoms with Crippen LogP contribution in [0.5, 0.6) is 0 Å². The van der Waals surface area contributed by atoms with E-state index >= 15 is 0 Å². The third-order valence-corrected chi connectivity index (χ3v) is 3.14. The van der Waals surface area contributed by atoms with Crippen LogP contribution in [0.2, 0.25) is 0 Å². The topological polar surface area (TPSA) is 51.0 Å². The van der Waals surface area contributed by atoms with Crippen LogP contribution in [0, 0.1) is 5.92 Å². The van der Waals surface area contributed by atoms with Crippen molar-refractivity contribution in [3.05, 3.63) is 42.0 Å². The standard InChI is InChI=1S/C13H15N3O/c1-9-7-11(9)13-15-12(17-16-13)8-14-10-5-3-2-4-6-10/h2-6,9,11,14H,7-8H2,1H3. The minimum Gasteiger partial charge on any atom is -0.376 e. The Balaban J connectivity index is 1.60. The molecule has 2 aromatic rings. The van der Waals surface area contributed by atoms with Crippen LogP contribution in [0.4, 0.5) is 5.69 Å². The lowest BCUT2D eigenvalue weighted by Crippen LogP contribution is -1.99. The average Bonchev–Trinajstić information content (AvgIpc) is 2.92. The third-order valence-electron chi connectivity index (χ3n) is 3.14. The fourth-order valence-corrected chi connectivity index (χ4v) is 1.91. The van der Waals surface area contributed by atoms with Crippen molar-refractivity contribution >= 4 is 5.69 Å². The van der Waals surface area contributed by atoms with Gasteiger partial charge in [0.1, 0.15) is 0 Å². The van der Waals surface area contributed by atoms with Crippen molar-refractivity contribution in [2.45, 2.75) is 25.8 Å². The molecule has 17 heavy (non-hydrogen) atoms. The summed E-state index contributed by atoms with van der Waals surface area (Å²) in [6, 6.07) is 10.0. The first-order chi connectivity index (χ1) is 8.33. The summed E-state index contributed by atoms with van der Waals surface area (Å²) in [5.74, 6) is 2.75. The molecule has 0 radical (unpaired) electrons. The lowest BCUT2D eigenvalue weighted by molar-refractivity contribution is 0.377. The van der Waals surface area contributed by atoms with E-state index in [1.54, 1.807) is 0 Å². The second-order valence-electron chi connectivity index (χ2n) is 4.59. The summed E-state index contributed by atoms with van der Waals surface area (Å²) in [4.78, 5) is 4.40. The summed E-state index contributed by atoms with van der Waals surface area (Å²) >= 11 is 0. The molecule has 0 bridgehead atoms. The molecule has 2 unspecified atom stereocenters. The highest BCUT2D eigenvalue weighted by Gasteiger charge is 2.37. The molecule has 1 saturated carbocycles. The van der Waals surface area contributed by atoms with E-state index < -0.39 is 0 Å². The number of anilines is 1. The zero-order valence-electron chi connectivity index (χ0n) is 9.76. The van der Waals surface area contributed by atoms with Gasteiger partial charge in [-0.05, 0) is 24.5 Å². The van der Waals surface area contributed by atoms with Crippen LogP contribution in [0.1, 0.15) is 31.0 Å². The number of hydrogen-bond donors (Lipinski definition) is 1. The highest BCUT2D eigenvalue weighted by atomic mass is 16.5. The van der Waals surface area contributed by atoms with E-state index in [2.05, 4.69) is 22.4 Å². The van der Waals surface area contributed by atoms with Crippen molar-refractivity contribution in [1.29, 1.82) is 0 Å². The van der Waals surface area contributed by atoms with Gasteiger partial charge in [0.2, 0.25) is 5.89 Å². The molecule has 1 aromatic heterocycles. The summed E-state index contributed by atoms with van der Waals surface area (Å²) in [6.45, 7) is 2.79. The van der Waals surface area contributed by atoms with Gasteiger partial charge in [-0.1, -0.05) is 30.3 Å². The van der Waals surface area contributed by atoms with Crippen LogP contribution >= 0.6 is 0 Å². The second kappa shape index (κ2) is 4.20. The molecule has 0 amide bonds. The van der Waals surface area contributed by atoms with Gasteiger partial charge in [0.05, 0.1) is 6.54 Å². The lowest BCUT2D eigenvalue weighted by atomic mass is 10.3. The number of para-hydroxylation sites is 1. The highest BCUT2D eigenvalue weighted by molar-refractivity contribution is 5.42. The Bertz CT molecular complexity index is 494. The van der Waals surface area contributed by atoms with Crippen LogP contribution in [-0.4, -0.2) is 10.1 Å². The maximum Gasteiger partial charge on any atom is 0.245 e. The third kappa shape index (κ3) is 2.30. The minimum absolute atomic E-state index is 0.518. The van der Waals surface area contributed by atoms with Crippen LogP contribution in [0.15, 0.2) is 34.9 Å². The maximum absolute atomic E-state index is 5.21. The van der Waals surface area contributed by atoms with Crippen molar-refractivity contribution in [3.63, 3.8) is 0 Å². The molecule has 0 spiro atoms. The Morgan fingerprint density at radius 1 is 1.35 bits per heavy atom. The van der Waals surface area contributed by atoms with Gasteiger partial charge in [-0.25, -0.2) is 0 Å². The number of hydrogen-bond acceptors (Lipinski definition) is 4. The van der Waals surface area contributed by atoms with Gasteiger partial charge >= 0.3 is 0 Å². The molecule has 1 fully saturated rings. The number of rotatable bonds is 4. The molecule has 3 rings (SSSR count). The predicted octanol–water partition coefficient (Wildman–Crippen LogP) is 2.81. The van der Waals surface area contributed by atoms with E-state index in [9.17, 15) is 0 Å². The lowest BCUT2D eigenvalue weighted by Gasteiger charge is -2.01. The second-order valence-corrected chi connectivity index (χ2v) is 4.59. The number of nitrogens with zero attached hydrogens (tertiary/aromatic N) is 2. The molecule has 1 N–H and O–H groups in total. The van der Waals surface area contributed by atoms with Crippen molar-refractivity contribution < 1.29 is 4.52 Å². The van der Waals surface area contributed by atoms with Crippen LogP contribution in [-0.2, 0) is 6.54 Å². The summed E-state index contributed by atoms with van der Waals surface area (Å²) in [5, 5.41) is 7.26. The van der Waals surface area contributed by atoms with Gasteiger partial charge in [-0.2, -0.15) is 4.98 Å². The Kier molecular flexibility index (Phi) is 2.55. The summed E-state index contributed by atoms with van der Waals surface area (Å²) in [6.07, 6.45) is 1.19. The van der Waals surface area contributed by atoms with Crippen molar-refractivity contribution in [2.24, 2.45) is 5.92 Å². The van der Waals surface area contributed by atoms with E-state index in [4.69, 9.17) is 4.52 Å². The van der Waals surface area contributed by atoms with Crippen molar-refractivity contribution in [1.82, 2.24) is 10.1 Å². The maximum atomic E-state index is 5.21. The van der Waals surface area contributed by atoms with Crippen LogP contribution < -0.4 is 5.32 Å². The first kappa shape index (κ1) is 10.3. The summed E-state index contributed by atoms with van der Waals surface area (Å²) in [5.41, 5.74) is 1.06. The fraction of sp³-hybridized carbons (Fsp3) is 0.385. The Morgan fingerprint density at radius 3 is 2.82 bits per heavy atom. The first-order valence-corrected chi connectivity index (χ1v) is 5.94. The molecular formula is C13H15N3O. The van der Waals surface area contributed by atoms with E-state index in [1.807, 2.05) is 30.3 Å². The molecule has 1 aliphatic carbocycles. The zero-order chi connectivity index (χ0) is 11.7. The van der Waals surface area contributed by atoms with Crippen molar-refractivity contribution in [3.8, 4) is 0 Å². The van der Waals surface area contributed by atoms with E-state index in [1.165, 1.54) is 6.42 Å². The van der Waals surface area contributed by atoms with Crippen molar-refractivity contribution in [2.75, 3.05) is 5.32 Å². The van der Waals surface area contributed by atoms with Gasteiger partial charge in [0.25, 0.3) is 0 Å². The quantitative estimate of drug-likeness (QED) is 0.875. The summed E-state index contributed by atoms with van der Waals surface area (Å²) < 4.78 is 5.21. The van der Waals surface area contributed by atoms with E-state index in [0.717, 1.165) is 11.5 Å². The largest absolute Gasteiger partial charge is 0.376 e. The predicted molar refractivity (Wildman–Crippen MR) is 64.6 cm³/mol. The van der Waals surface area contributed by atoms with Gasteiger partial charge in [0.15, 0.2) is 5.82 Å². The molecule has 0 aliphatic heterocycles. The monoisotopic (exact) mass is 229 g/mol. The van der Waals surface area contributed by atoms with Crippen LogP contribution in [0.3, 0.4) is 0 Å². The number of nitrogens with one attached hydrogen (secondary N) is 1. The molecule has 1 heterocycles. The SMILES string of the molecule is CC1CC1c1noc(CNc2ccccc2)n1. The Labute approximate surface area is 100 Å². The normalized spacial score (nSPS) is 22.4. The van der Waals surface area contributed by atoms with Crippen LogP contribution in [0.25, 0.3) is 0 Å². The Hall–Kier alpha value is -1.84. The average molecular weight is 229 g/mol. The van der Waals surface area contributed by atoms with E-state index in [-0.39, 0.29) is 0 Å². The summed E-state index contributed by atoms with van der Waals surface area (Å²) in [7, 11) is 0. The molecule has 1 aliphatic rings. The molecule has 1 aromatic carbocycles. The fourth-order valence-electron chi connectivity index (χ4n) is 1.91. The number of aromatic nitrogens is 2. The van der Waals surface area contributed by atoms with Gasteiger partial charge < -0.3 is 9.84 Å². The smallest absolute Gasteiger partial charge is 0.245 e. The first-order valence-electron chi connectivity index (χ1n) is 5.94. The molecule has 4 nitrogen and oxygen atoms in total. The van der Waals surface area contributed by atoms with E-state index in [0.29, 0.717) is 24.3 Å². The molecule has 88 valence electrons. The van der Waals surface area contributed by atoms with Gasteiger partial charge in [-0.15, -0.1) is 0 Å². The Morgan fingerprint density at radius 2 is 2.12 bits per heavy atom. The minimum atomic E-state index is 0.518. The molecule has 2 atom stereocenters. The van der Waals surface area contributed by atoms with Gasteiger partial charge in [0, 0.05) is 11.6 Å².